The summed E-state index contributed by atoms with van der Waals surface area (Å²) in [6, 6.07) is 14.1. The SMILES string of the molecule is O=C(O)c1ccccc1C(=O)NC1CCN(S(=O)(=O)c2ccccc2)CC1. The maximum Gasteiger partial charge on any atom is 0.336 e. The Morgan fingerprint density at radius 3 is 2.07 bits per heavy atom. The van der Waals surface area contributed by atoms with Gasteiger partial charge >= 0.3 is 5.97 Å². The number of benzene rings is 2. The van der Waals surface area contributed by atoms with E-state index in [1.807, 2.05) is 0 Å². The lowest BCUT2D eigenvalue weighted by molar-refractivity contribution is 0.0690. The first-order chi connectivity index (χ1) is 12.9. The number of sulfonamides is 1. The Labute approximate surface area is 157 Å². The first-order valence-electron chi connectivity index (χ1n) is 8.58. The Bertz CT molecular complexity index is 936. The van der Waals surface area contributed by atoms with Crippen molar-refractivity contribution in [3.63, 3.8) is 0 Å². The molecular weight excluding hydrogens is 368 g/mol. The van der Waals surface area contributed by atoms with Crippen LogP contribution in [0.5, 0.6) is 0 Å². The zero-order chi connectivity index (χ0) is 19.4. The van der Waals surface area contributed by atoms with Gasteiger partial charge in [0, 0.05) is 19.1 Å². The topological polar surface area (TPSA) is 104 Å². The molecule has 2 aromatic rings. The van der Waals surface area contributed by atoms with Crippen molar-refractivity contribution in [3.05, 3.63) is 65.7 Å². The molecule has 0 spiro atoms. The number of carboxylic acids is 1. The van der Waals surface area contributed by atoms with Crippen LogP contribution in [-0.4, -0.2) is 48.8 Å². The molecule has 3 rings (SSSR count). The van der Waals surface area contributed by atoms with Crippen LogP contribution in [0.2, 0.25) is 0 Å². The van der Waals surface area contributed by atoms with Gasteiger partial charge in [-0.2, -0.15) is 4.31 Å². The molecule has 27 heavy (non-hydrogen) atoms. The van der Waals surface area contributed by atoms with Gasteiger partial charge in [-0.15, -0.1) is 0 Å². The molecule has 2 aromatic carbocycles. The summed E-state index contributed by atoms with van der Waals surface area (Å²) in [5.74, 6) is -1.62. The lowest BCUT2D eigenvalue weighted by atomic mass is 10.0. The third kappa shape index (κ3) is 4.17. The summed E-state index contributed by atoms with van der Waals surface area (Å²) in [6.45, 7) is 0.589. The van der Waals surface area contributed by atoms with Crippen LogP contribution in [0.4, 0.5) is 0 Å². The van der Waals surface area contributed by atoms with Gasteiger partial charge < -0.3 is 10.4 Å². The van der Waals surface area contributed by atoms with Gasteiger partial charge in [-0.25, -0.2) is 13.2 Å². The minimum absolute atomic E-state index is 0.0564. The first-order valence-corrected chi connectivity index (χ1v) is 10.0. The van der Waals surface area contributed by atoms with E-state index in [-0.39, 0.29) is 22.1 Å². The lowest BCUT2D eigenvalue weighted by Crippen LogP contribution is -2.46. The van der Waals surface area contributed by atoms with Gasteiger partial charge in [-0.05, 0) is 37.1 Å². The van der Waals surface area contributed by atoms with Gasteiger partial charge in [-0.3, -0.25) is 4.79 Å². The largest absolute Gasteiger partial charge is 0.478 e. The molecule has 2 N–H and O–H groups in total. The number of hydrogen-bond donors (Lipinski definition) is 2. The molecule has 0 bridgehead atoms. The summed E-state index contributed by atoms with van der Waals surface area (Å²) in [7, 11) is -3.54. The standard InChI is InChI=1S/C19H20N2O5S/c22-18(16-8-4-5-9-17(16)19(23)24)20-14-10-12-21(13-11-14)27(25,26)15-6-2-1-3-7-15/h1-9,14H,10-13H2,(H,20,22)(H,23,24). The second-order valence-corrected chi connectivity index (χ2v) is 8.25. The van der Waals surface area contributed by atoms with Crippen molar-refractivity contribution < 1.29 is 23.1 Å². The van der Waals surface area contributed by atoms with E-state index in [0.717, 1.165) is 0 Å². The molecule has 1 amide bonds. The second kappa shape index (κ2) is 7.89. The van der Waals surface area contributed by atoms with Crippen molar-refractivity contribution in [2.45, 2.75) is 23.8 Å². The highest BCUT2D eigenvalue weighted by atomic mass is 32.2. The van der Waals surface area contributed by atoms with E-state index >= 15 is 0 Å². The van der Waals surface area contributed by atoms with E-state index in [0.29, 0.717) is 25.9 Å². The maximum absolute atomic E-state index is 12.6. The molecule has 0 atom stereocenters. The Morgan fingerprint density at radius 2 is 1.48 bits per heavy atom. The van der Waals surface area contributed by atoms with Crippen molar-refractivity contribution in [1.29, 1.82) is 0 Å². The number of carboxylic acid groups (broad SMARTS) is 1. The van der Waals surface area contributed by atoms with Gasteiger partial charge in [0.15, 0.2) is 0 Å². The number of nitrogens with one attached hydrogen (secondary N) is 1. The molecule has 1 aliphatic rings. The van der Waals surface area contributed by atoms with E-state index in [2.05, 4.69) is 5.32 Å². The number of carbonyl (C=O) groups is 2. The molecule has 8 heteroatoms. The fourth-order valence-electron chi connectivity index (χ4n) is 3.11. The van der Waals surface area contributed by atoms with E-state index in [1.165, 1.54) is 16.4 Å². The lowest BCUT2D eigenvalue weighted by Gasteiger charge is -2.31. The summed E-state index contributed by atoms with van der Waals surface area (Å²) >= 11 is 0. The molecule has 1 heterocycles. The zero-order valence-corrected chi connectivity index (χ0v) is 15.4. The highest BCUT2D eigenvalue weighted by molar-refractivity contribution is 7.89. The normalized spacial score (nSPS) is 16.0. The van der Waals surface area contributed by atoms with Gasteiger partial charge in [0.25, 0.3) is 5.91 Å². The Kier molecular flexibility index (Phi) is 5.57. The van der Waals surface area contributed by atoms with Crippen LogP contribution in [0, 0.1) is 0 Å². The average Bonchev–Trinajstić information content (AvgIpc) is 2.69. The van der Waals surface area contributed by atoms with Crippen LogP contribution in [0.1, 0.15) is 33.6 Å². The Morgan fingerprint density at radius 1 is 0.926 bits per heavy atom. The third-order valence-corrected chi connectivity index (χ3v) is 6.49. The van der Waals surface area contributed by atoms with Crippen LogP contribution in [0.3, 0.4) is 0 Å². The summed E-state index contributed by atoms with van der Waals surface area (Å²) in [4.78, 5) is 23.9. The molecule has 0 unspecified atom stereocenters. The van der Waals surface area contributed by atoms with Crippen LogP contribution in [0.15, 0.2) is 59.5 Å². The Balaban J connectivity index is 1.64. The van der Waals surface area contributed by atoms with Crippen molar-refractivity contribution >= 4 is 21.9 Å². The molecule has 1 aliphatic heterocycles. The number of carbonyl (C=O) groups excluding carboxylic acids is 1. The number of piperidine rings is 1. The number of rotatable bonds is 5. The van der Waals surface area contributed by atoms with Crippen molar-refractivity contribution in [3.8, 4) is 0 Å². The predicted molar refractivity (Wildman–Crippen MR) is 99.1 cm³/mol. The molecule has 1 saturated heterocycles. The number of hydrogen-bond acceptors (Lipinski definition) is 4. The third-order valence-electron chi connectivity index (χ3n) is 4.57. The van der Waals surface area contributed by atoms with E-state index < -0.39 is 21.9 Å². The molecule has 0 aromatic heterocycles. The van der Waals surface area contributed by atoms with Gasteiger partial charge in [0.1, 0.15) is 0 Å². The van der Waals surface area contributed by atoms with Crippen LogP contribution in [-0.2, 0) is 10.0 Å². The number of aromatic carboxylic acids is 1. The van der Waals surface area contributed by atoms with Crippen molar-refractivity contribution in [2.75, 3.05) is 13.1 Å². The van der Waals surface area contributed by atoms with Gasteiger partial charge in [0.2, 0.25) is 10.0 Å². The van der Waals surface area contributed by atoms with Gasteiger partial charge in [0.05, 0.1) is 16.0 Å². The molecule has 0 aliphatic carbocycles. The minimum atomic E-state index is -3.54. The maximum atomic E-state index is 12.6. The molecular formula is C19H20N2O5S. The summed E-state index contributed by atoms with van der Waals surface area (Å²) in [5.41, 5.74) is 0.0448. The summed E-state index contributed by atoms with van der Waals surface area (Å²) in [5, 5.41) is 12.0. The van der Waals surface area contributed by atoms with Gasteiger partial charge in [-0.1, -0.05) is 30.3 Å². The zero-order valence-electron chi connectivity index (χ0n) is 14.5. The average molecular weight is 388 g/mol. The smallest absolute Gasteiger partial charge is 0.336 e. The number of nitrogens with zero attached hydrogens (tertiary/aromatic N) is 1. The predicted octanol–water partition coefficient (Wildman–Crippen LogP) is 1.97. The van der Waals surface area contributed by atoms with E-state index in [4.69, 9.17) is 0 Å². The van der Waals surface area contributed by atoms with Crippen molar-refractivity contribution in [1.82, 2.24) is 9.62 Å². The van der Waals surface area contributed by atoms with E-state index in [9.17, 15) is 23.1 Å². The van der Waals surface area contributed by atoms with Crippen LogP contribution in [0.25, 0.3) is 0 Å². The quantitative estimate of drug-likeness (QED) is 0.815. The summed E-state index contributed by atoms with van der Waals surface area (Å²) < 4.78 is 26.7. The van der Waals surface area contributed by atoms with Crippen molar-refractivity contribution in [2.24, 2.45) is 0 Å². The second-order valence-electron chi connectivity index (χ2n) is 6.32. The van der Waals surface area contributed by atoms with Crippen LogP contribution < -0.4 is 5.32 Å². The monoisotopic (exact) mass is 388 g/mol. The minimum Gasteiger partial charge on any atom is -0.478 e. The molecule has 0 saturated carbocycles. The molecule has 7 nitrogen and oxygen atoms in total. The summed E-state index contributed by atoms with van der Waals surface area (Å²) in [6.07, 6.45) is 0.931. The highest BCUT2D eigenvalue weighted by Gasteiger charge is 2.30. The first kappa shape index (κ1) is 19.1. The highest BCUT2D eigenvalue weighted by Crippen LogP contribution is 2.21. The Hall–Kier alpha value is -2.71. The number of amides is 1. The molecule has 0 radical (unpaired) electrons. The fraction of sp³-hybridized carbons (Fsp3) is 0.263. The molecule has 142 valence electrons. The van der Waals surface area contributed by atoms with E-state index in [1.54, 1.807) is 42.5 Å². The van der Waals surface area contributed by atoms with Crippen LogP contribution >= 0.6 is 0 Å². The fourth-order valence-corrected chi connectivity index (χ4v) is 4.60. The molecule has 1 fully saturated rings.